The first kappa shape index (κ1) is 38.5. The number of phenols is 1. The molecule has 4 N–H and O–H groups in total. The second kappa shape index (κ2) is 16.6. The number of β-amino-alcohol motifs (C(OH)–C–C–N with tert-alkyl or cyclic N) is 1. The number of fused-ring (bicyclic) bond motifs is 1. The van der Waals surface area contributed by atoms with Crippen molar-refractivity contribution in [1.29, 1.82) is 0 Å². The Kier molecular flexibility index (Phi) is 12.8. The third kappa shape index (κ3) is 9.69. The fourth-order valence-corrected chi connectivity index (χ4v) is 7.10. The van der Waals surface area contributed by atoms with Gasteiger partial charge in [0.2, 0.25) is 11.8 Å². The van der Waals surface area contributed by atoms with Crippen LogP contribution in [0.25, 0.3) is 10.9 Å². The first-order valence-corrected chi connectivity index (χ1v) is 17.6. The molecule has 0 spiro atoms. The van der Waals surface area contributed by atoms with Gasteiger partial charge < -0.3 is 35.1 Å². The minimum atomic E-state index is -4.59. The van der Waals surface area contributed by atoms with E-state index in [1.165, 1.54) is 26.2 Å². The van der Waals surface area contributed by atoms with E-state index in [4.69, 9.17) is 4.74 Å². The van der Waals surface area contributed by atoms with Crippen LogP contribution in [0.1, 0.15) is 45.2 Å². The van der Waals surface area contributed by atoms with Gasteiger partial charge in [-0.3, -0.25) is 9.59 Å². The number of piperidine rings is 1. The molecule has 1 unspecified atom stereocenters. The van der Waals surface area contributed by atoms with Crippen LogP contribution in [0, 0.1) is 11.8 Å². The fourth-order valence-electron chi connectivity index (χ4n) is 5.72. The number of amides is 2. The van der Waals surface area contributed by atoms with Crippen molar-refractivity contribution in [3.8, 4) is 17.6 Å². The van der Waals surface area contributed by atoms with E-state index in [0.29, 0.717) is 21.9 Å². The Morgan fingerprint density at radius 1 is 1.10 bits per heavy atom. The Balaban J connectivity index is 1.60. The number of aromatic nitrogens is 1. The lowest BCUT2D eigenvalue weighted by Crippen LogP contribution is -2.43. The molecule has 0 aliphatic carbocycles. The summed E-state index contributed by atoms with van der Waals surface area (Å²) in [6.45, 7) is 3.19. The molecule has 2 heterocycles. The van der Waals surface area contributed by atoms with Gasteiger partial charge in [-0.2, -0.15) is 13.2 Å². The first-order chi connectivity index (χ1) is 23.7. The molecule has 1 aromatic heterocycles. The van der Waals surface area contributed by atoms with Crippen molar-refractivity contribution in [3.63, 3.8) is 0 Å². The Hall–Kier alpha value is -4.30. The van der Waals surface area contributed by atoms with E-state index in [1.54, 1.807) is 25.1 Å². The van der Waals surface area contributed by atoms with Crippen LogP contribution in [0.3, 0.4) is 0 Å². The summed E-state index contributed by atoms with van der Waals surface area (Å²) in [4.78, 5) is 26.2. The standard InChI is InChI=1S/C34H42F3N5O7S/c1-4-32(45)39-29-12-11-26(19-31(29)44)50(47,48)42(33(46)5-2)15-7-8-24-18-27-28(9-6-10-30(27)41(24)22-34(35,36)37)38-23-13-16-40(17-14-23)20-25(43)21-49-3/h6,9-12,18-19,23,25,38,43-44H,4-5,13-17,20-22H2,1-3H3,(H,39,45). The lowest BCUT2D eigenvalue weighted by atomic mass is 10.0. The largest absolute Gasteiger partial charge is 0.506 e. The smallest absolute Gasteiger partial charge is 0.406 e. The van der Waals surface area contributed by atoms with Gasteiger partial charge >= 0.3 is 6.18 Å². The molecule has 1 saturated heterocycles. The zero-order chi connectivity index (χ0) is 36.6. The van der Waals surface area contributed by atoms with Crippen LogP contribution in [-0.4, -0.2) is 102 Å². The molecule has 0 bridgehead atoms. The van der Waals surface area contributed by atoms with Gasteiger partial charge in [0, 0.05) is 62.8 Å². The molecular formula is C34H42F3N5O7S. The number of aliphatic hydroxyl groups is 1. The molecule has 16 heteroatoms. The summed E-state index contributed by atoms with van der Waals surface area (Å²) in [6.07, 6.45) is -3.79. The number of nitrogens with one attached hydrogen (secondary N) is 2. The van der Waals surface area contributed by atoms with Crippen LogP contribution in [0.4, 0.5) is 24.5 Å². The number of hydrogen-bond acceptors (Lipinski definition) is 9. The number of methoxy groups -OCH3 is 1. The van der Waals surface area contributed by atoms with Crippen molar-refractivity contribution in [3.05, 3.63) is 48.2 Å². The highest BCUT2D eigenvalue weighted by Crippen LogP contribution is 2.32. The molecule has 3 aromatic rings. The summed E-state index contributed by atoms with van der Waals surface area (Å²) >= 11 is 0. The van der Waals surface area contributed by atoms with Crippen molar-refractivity contribution >= 4 is 44.1 Å². The van der Waals surface area contributed by atoms with Crippen molar-refractivity contribution in [2.24, 2.45) is 0 Å². The second-order valence-corrected chi connectivity index (χ2v) is 13.8. The number of alkyl halides is 3. The normalized spacial score (nSPS) is 14.9. The molecule has 12 nitrogen and oxygen atoms in total. The monoisotopic (exact) mass is 721 g/mol. The predicted octanol–water partition coefficient (Wildman–Crippen LogP) is 4.12. The van der Waals surface area contributed by atoms with Gasteiger partial charge in [-0.25, -0.2) is 12.7 Å². The van der Waals surface area contributed by atoms with E-state index in [-0.39, 0.29) is 42.4 Å². The van der Waals surface area contributed by atoms with Crippen LogP contribution >= 0.6 is 0 Å². The quantitative estimate of drug-likeness (QED) is 0.151. The fraction of sp³-hybridized carbons (Fsp3) is 0.471. The molecule has 2 aromatic carbocycles. The Morgan fingerprint density at radius 3 is 2.44 bits per heavy atom. The van der Waals surface area contributed by atoms with E-state index >= 15 is 0 Å². The number of phenolic OH excluding ortho intramolecular Hbond substituents is 1. The van der Waals surface area contributed by atoms with Gasteiger partial charge in [0.1, 0.15) is 12.3 Å². The Labute approximate surface area is 289 Å². The summed E-state index contributed by atoms with van der Waals surface area (Å²) in [6, 6.07) is 9.72. The predicted molar refractivity (Wildman–Crippen MR) is 182 cm³/mol. The summed E-state index contributed by atoms with van der Waals surface area (Å²) < 4.78 is 74.9. The van der Waals surface area contributed by atoms with E-state index in [1.807, 2.05) is 0 Å². The number of aliphatic hydroxyl groups excluding tert-OH is 1. The highest BCUT2D eigenvalue weighted by molar-refractivity contribution is 7.89. The zero-order valence-electron chi connectivity index (χ0n) is 28.1. The molecule has 2 amide bonds. The first-order valence-electron chi connectivity index (χ1n) is 16.2. The molecule has 50 heavy (non-hydrogen) atoms. The Bertz CT molecular complexity index is 1840. The van der Waals surface area contributed by atoms with Crippen LogP contribution in [0.15, 0.2) is 47.4 Å². The molecular weight excluding hydrogens is 679 g/mol. The maximum atomic E-state index is 13.8. The molecule has 272 valence electrons. The summed E-state index contributed by atoms with van der Waals surface area (Å²) in [5.41, 5.74) is 0.853. The molecule has 1 fully saturated rings. The number of aromatic hydroxyl groups is 1. The minimum absolute atomic E-state index is 0.0152. The number of rotatable bonds is 13. The SMILES string of the molecule is CCC(=O)Nc1ccc(S(=O)(=O)N(CC#Cc2cc3c(NC4CCN(CC(O)COC)CC4)cccc3n2CC(F)(F)F)C(=O)CC)cc1O. The number of carbonyl (C=O) groups excluding carboxylic acids is 2. The maximum absolute atomic E-state index is 13.8. The minimum Gasteiger partial charge on any atom is -0.506 e. The van der Waals surface area contributed by atoms with Crippen LogP contribution in [0.2, 0.25) is 0 Å². The molecule has 1 aliphatic heterocycles. The maximum Gasteiger partial charge on any atom is 0.406 e. The van der Waals surface area contributed by atoms with Gasteiger partial charge in [-0.05, 0) is 49.1 Å². The lowest BCUT2D eigenvalue weighted by Gasteiger charge is -2.34. The molecule has 1 atom stereocenters. The van der Waals surface area contributed by atoms with Crippen molar-refractivity contribution in [2.75, 3.05) is 50.5 Å². The summed E-state index contributed by atoms with van der Waals surface area (Å²) in [5, 5.41) is 26.8. The number of halogens is 3. The number of nitrogens with zero attached hydrogens (tertiary/aromatic N) is 3. The number of benzene rings is 2. The molecule has 1 aliphatic rings. The van der Waals surface area contributed by atoms with Gasteiger partial charge in [0.15, 0.2) is 0 Å². The average molecular weight is 722 g/mol. The average Bonchev–Trinajstić information content (AvgIpc) is 3.40. The highest BCUT2D eigenvalue weighted by Gasteiger charge is 2.31. The molecule has 0 radical (unpaired) electrons. The van der Waals surface area contributed by atoms with Crippen LogP contribution < -0.4 is 10.6 Å². The van der Waals surface area contributed by atoms with Crippen molar-refractivity contribution in [1.82, 2.24) is 13.8 Å². The topological polar surface area (TPSA) is 153 Å². The number of likely N-dealkylation sites (tertiary alicyclic amines) is 1. The van der Waals surface area contributed by atoms with E-state index in [0.717, 1.165) is 42.6 Å². The number of ether oxygens (including phenoxy) is 1. The van der Waals surface area contributed by atoms with Gasteiger partial charge in [-0.15, -0.1) is 0 Å². The summed E-state index contributed by atoms with van der Waals surface area (Å²) in [7, 11) is -3.03. The molecule has 4 rings (SSSR count). The third-order valence-corrected chi connectivity index (χ3v) is 9.99. The summed E-state index contributed by atoms with van der Waals surface area (Å²) in [5.74, 6) is 3.49. The number of hydrogen-bond donors (Lipinski definition) is 4. The Morgan fingerprint density at radius 2 is 1.82 bits per heavy atom. The third-order valence-electron chi connectivity index (χ3n) is 8.23. The lowest BCUT2D eigenvalue weighted by molar-refractivity contribution is -0.140. The van der Waals surface area contributed by atoms with E-state index in [2.05, 4.69) is 27.4 Å². The van der Waals surface area contributed by atoms with Crippen molar-refractivity contribution < 1.29 is 46.1 Å². The van der Waals surface area contributed by atoms with Gasteiger partial charge in [-0.1, -0.05) is 25.8 Å². The number of carbonyl (C=O) groups is 2. The number of sulfonamides is 1. The number of anilines is 2. The highest BCUT2D eigenvalue weighted by atomic mass is 32.2. The molecule has 0 saturated carbocycles. The van der Waals surface area contributed by atoms with Crippen molar-refractivity contribution in [2.45, 2.75) is 69.3 Å². The van der Waals surface area contributed by atoms with Gasteiger partial charge in [0.05, 0.1) is 41.0 Å². The second-order valence-electron chi connectivity index (χ2n) is 11.9. The van der Waals surface area contributed by atoms with Gasteiger partial charge in [0.25, 0.3) is 10.0 Å². The van der Waals surface area contributed by atoms with E-state index < -0.39 is 57.9 Å². The van der Waals surface area contributed by atoms with Crippen LogP contribution in [-0.2, 0) is 30.9 Å². The van der Waals surface area contributed by atoms with E-state index in [9.17, 15) is 41.4 Å². The van der Waals surface area contributed by atoms with Crippen LogP contribution in [0.5, 0.6) is 5.75 Å². The zero-order valence-corrected chi connectivity index (χ0v) is 28.9.